The number of amides is 2. The minimum atomic E-state index is -0.776. The maximum absolute atomic E-state index is 14.1. The molecule has 11 heteroatoms. The van der Waals surface area contributed by atoms with Crippen LogP contribution in [0.15, 0.2) is 54.7 Å². The van der Waals surface area contributed by atoms with Crippen LogP contribution in [0, 0.1) is 25.5 Å². The second-order valence-electron chi connectivity index (χ2n) is 10.1. The number of carbonyl (C=O) groups excluding carboxylic acids is 2. The fraction of sp³-hybridized carbons (Fsp3) is 0.333. The van der Waals surface area contributed by atoms with Crippen molar-refractivity contribution >= 4 is 17.6 Å². The van der Waals surface area contributed by atoms with Crippen LogP contribution in [0.2, 0.25) is 0 Å². The highest BCUT2D eigenvalue weighted by atomic mass is 19.1. The van der Waals surface area contributed by atoms with E-state index in [1.807, 2.05) is 44.2 Å². The Labute approximate surface area is 236 Å². The van der Waals surface area contributed by atoms with Crippen molar-refractivity contribution in [3.05, 3.63) is 94.6 Å². The minimum Gasteiger partial charge on any atom is -0.470 e. The molecule has 0 aliphatic heterocycles. The molecule has 4 aromatic rings. The molecule has 2 aromatic heterocycles. The molecule has 2 amide bonds. The molecular formula is C30H33F2N5O4. The van der Waals surface area contributed by atoms with E-state index >= 15 is 0 Å². The highest BCUT2D eigenvalue weighted by molar-refractivity contribution is 5.95. The Morgan fingerprint density at radius 2 is 1.71 bits per heavy atom. The summed E-state index contributed by atoms with van der Waals surface area (Å²) in [5.41, 5.74) is 1.24. The smallest absolute Gasteiger partial charge is 0.407 e. The van der Waals surface area contributed by atoms with Crippen LogP contribution in [0.1, 0.15) is 59.7 Å². The molecule has 0 saturated heterocycles. The van der Waals surface area contributed by atoms with E-state index in [2.05, 4.69) is 20.6 Å². The van der Waals surface area contributed by atoms with Gasteiger partial charge < -0.3 is 20.1 Å². The molecule has 2 aromatic carbocycles. The van der Waals surface area contributed by atoms with E-state index in [0.717, 1.165) is 24.1 Å². The van der Waals surface area contributed by atoms with Gasteiger partial charge in [0.25, 0.3) is 11.8 Å². The number of aromatic nitrogens is 3. The van der Waals surface area contributed by atoms with Crippen molar-refractivity contribution in [2.75, 3.05) is 6.54 Å². The number of alkyl carbamates (subject to hydrolysis) is 1. The standard InChI is InChI=1S/C30H33F2N5O4/c1-5-14-30(4,36-29(39)41-16-21-10-7-6-8-11-21)18-33-27(38)25-20(3)35-26-28(34-19(2)15-37(25)26)40-17-22-23(31)12-9-13-24(22)32/h6-13,15H,5,14,16-18H2,1-4H3,(H,33,38)(H,36,39). The van der Waals surface area contributed by atoms with Gasteiger partial charge in [-0.15, -0.1) is 0 Å². The van der Waals surface area contributed by atoms with Crippen molar-refractivity contribution in [1.29, 1.82) is 0 Å². The number of hydrogen-bond donors (Lipinski definition) is 2. The molecule has 0 saturated carbocycles. The Kier molecular flexibility index (Phi) is 9.16. The number of imidazole rings is 1. The van der Waals surface area contributed by atoms with Crippen molar-refractivity contribution in [2.45, 2.75) is 59.3 Å². The van der Waals surface area contributed by atoms with Crippen molar-refractivity contribution in [3.8, 4) is 5.88 Å². The molecule has 41 heavy (non-hydrogen) atoms. The Bertz CT molecular complexity index is 1520. The number of nitrogens with zero attached hydrogens (tertiary/aromatic N) is 3. The highest BCUT2D eigenvalue weighted by Crippen LogP contribution is 2.23. The maximum atomic E-state index is 14.1. The third-order valence-corrected chi connectivity index (χ3v) is 6.56. The molecule has 9 nitrogen and oxygen atoms in total. The fourth-order valence-corrected chi connectivity index (χ4v) is 4.54. The molecule has 0 bridgehead atoms. The molecule has 2 heterocycles. The lowest BCUT2D eigenvalue weighted by atomic mass is 9.96. The Balaban J connectivity index is 1.48. The Hall–Kier alpha value is -4.54. The molecule has 0 fully saturated rings. The largest absolute Gasteiger partial charge is 0.470 e. The summed E-state index contributed by atoms with van der Waals surface area (Å²) in [6.07, 6.45) is 2.40. The van der Waals surface area contributed by atoms with E-state index in [9.17, 15) is 18.4 Å². The van der Waals surface area contributed by atoms with Crippen LogP contribution in [-0.4, -0.2) is 38.5 Å². The number of hydrogen-bond acceptors (Lipinski definition) is 6. The predicted octanol–water partition coefficient (Wildman–Crippen LogP) is 5.42. The summed E-state index contributed by atoms with van der Waals surface area (Å²) in [5.74, 6) is -1.86. The number of fused-ring (bicyclic) bond motifs is 1. The summed E-state index contributed by atoms with van der Waals surface area (Å²) in [4.78, 5) is 34.7. The lowest BCUT2D eigenvalue weighted by Crippen LogP contribution is -2.53. The number of ether oxygens (including phenoxy) is 2. The van der Waals surface area contributed by atoms with Crippen molar-refractivity contribution in [3.63, 3.8) is 0 Å². The molecule has 1 unspecified atom stereocenters. The van der Waals surface area contributed by atoms with Gasteiger partial charge >= 0.3 is 6.09 Å². The molecule has 4 rings (SSSR count). The van der Waals surface area contributed by atoms with Crippen LogP contribution in [-0.2, 0) is 18.0 Å². The molecule has 1 atom stereocenters. The van der Waals surface area contributed by atoms with Gasteiger partial charge in [-0.05, 0) is 44.9 Å². The van der Waals surface area contributed by atoms with Crippen LogP contribution >= 0.6 is 0 Å². The first-order valence-electron chi connectivity index (χ1n) is 13.3. The second-order valence-corrected chi connectivity index (χ2v) is 10.1. The number of nitrogens with one attached hydrogen (secondary N) is 2. The van der Waals surface area contributed by atoms with Crippen LogP contribution in [0.3, 0.4) is 0 Å². The van der Waals surface area contributed by atoms with Gasteiger partial charge in [-0.3, -0.25) is 9.20 Å². The highest BCUT2D eigenvalue weighted by Gasteiger charge is 2.29. The van der Waals surface area contributed by atoms with Gasteiger partial charge in [0.05, 0.1) is 22.5 Å². The second kappa shape index (κ2) is 12.8. The Morgan fingerprint density at radius 3 is 2.39 bits per heavy atom. The average molecular weight is 566 g/mol. The van der Waals surface area contributed by atoms with Crippen LogP contribution < -0.4 is 15.4 Å². The molecule has 0 spiro atoms. The third-order valence-electron chi connectivity index (χ3n) is 6.56. The van der Waals surface area contributed by atoms with Gasteiger partial charge in [-0.2, -0.15) is 0 Å². The van der Waals surface area contributed by atoms with E-state index in [4.69, 9.17) is 9.47 Å². The van der Waals surface area contributed by atoms with Gasteiger partial charge in [-0.25, -0.2) is 23.5 Å². The van der Waals surface area contributed by atoms with Gasteiger partial charge in [0.15, 0.2) is 0 Å². The predicted molar refractivity (Wildman–Crippen MR) is 149 cm³/mol. The number of benzene rings is 2. The van der Waals surface area contributed by atoms with Gasteiger partial charge in [0, 0.05) is 12.7 Å². The number of carbonyl (C=O) groups is 2. The van der Waals surface area contributed by atoms with Crippen LogP contribution in [0.25, 0.3) is 5.65 Å². The minimum absolute atomic E-state index is 0.0356. The van der Waals surface area contributed by atoms with E-state index in [-0.39, 0.29) is 35.9 Å². The van der Waals surface area contributed by atoms with Crippen molar-refractivity contribution in [2.24, 2.45) is 0 Å². The lowest BCUT2D eigenvalue weighted by Gasteiger charge is -2.30. The number of rotatable bonds is 11. The third kappa shape index (κ3) is 7.16. The van der Waals surface area contributed by atoms with Crippen molar-refractivity contribution in [1.82, 2.24) is 25.0 Å². The zero-order valence-corrected chi connectivity index (χ0v) is 23.5. The first kappa shape index (κ1) is 29.4. The fourth-order valence-electron chi connectivity index (χ4n) is 4.54. The van der Waals surface area contributed by atoms with Gasteiger partial charge in [0.1, 0.15) is 30.5 Å². The normalized spacial score (nSPS) is 12.5. The summed E-state index contributed by atoms with van der Waals surface area (Å²) >= 11 is 0. The van der Waals surface area contributed by atoms with Crippen LogP contribution in [0.4, 0.5) is 13.6 Å². The molecular weight excluding hydrogens is 532 g/mol. The maximum Gasteiger partial charge on any atom is 0.407 e. The molecule has 0 aliphatic carbocycles. The van der Waals surface area contributed by atoms with E-state index < -0.39 is 35.8 Å². The summed E-state index contributed by atoms with van der Waals surface area (Å²) in [5, 5.41) is 5.79. The average Bonchev–Trinajstić information content (AvgIpc) is 3.26. The van der Waals surface area contributed by atoms with Gasteiger partial charge in [0.2, 0.25) is 5.65 Å². The van der Waals surface area contributed by atoms with Gasteiger partial charge in [-0.1, -0.05) is 49.7 Å². The van der Waals surface area contributed by atoms with Crippen LogP contribution in [0.5, 0.6) is 5.88 Å². The summed E-state index contributed by atoms with van der Waals surface area (Å²) in [6, 6.07) is 12.9. The van der Waals surface area contributed by atoms with E-state index in [1.165, 1.54) is 6.07 Å². The number of halogens is 2. The molecule has 0 radical (unpaired) electrons. The zero-order valence-electron chi connectivity index (χ0n) is 23.5. The van der Waals surface area contributed by atoms with E-state index in [1.54, 1.807) is 24.4 Å². The topological polar surface area (TPSA) is 107 Å². The molecule has 0 aliphatic rings. The SMILES string of the molecule is CCCC(C)(CNC(=O)c1c(C)nc2c(OCc3c(F)cccc3F)nc(C)cn12)NC(=O)OCc1ccccc1. The summed E-state index contributed by atoms with van der Waals surface area (Å²) in [6.45, 7) is 7.05. The van der Waals surface area contributed by atoms with Crippen molar-refractivity contribution < 1.29 is 27.8 Å². The summed E-state index contributed by atoms with van der Waals surface area (Å²) < 4.78 is 40.8. The molecule has 2 N–H and O–H groups in total. The van der Waals surface area contributed by atoms with E-state index in [0.29, 0.717) is 17.8 Å². The monoisotopic (exact) mass is 565 g/mol. The first-order valence-corrected chi connectivity index (χ1v) is 13.3. The lowest BCUT2D eigenvalue weighted by molar-refractivity contribution is 0.0921. The quantitative estimate of drug-likeness (QED) is 0.252. The Morgan fingerprint density at radius 1 is 1.00 bits per heavy atom. The number of aryl methyl sites for hydroxylation is 2. The first-order chi connectivity index (χ1) is 19.6. The zero-order chi connectivity index (χ0) is 29.6. The molecule has 216 valence electrons. The summed E-state index contributed by atoms with van der Waals surface area (Å²) in [7, 11) is 0.